The second-order valence-electron chi connectivity index (χ2n) is 7.19. The number of anilines is 3. The van der Waals surface area contributed by atoms with Crippen molar-refractivity contribution in [1.82, 2.24) is 19.9 Å². The van der Waals surface area contributed by atoms with Gasteiger partial charge in [0.05, 0.1) is 5.69 Å². The van der Waals surface area contributed by atoms with Crippen molar-refractivity contribution in [2.75, 3.05) is 25.1 Å². The Morgan fingerprint density at radius 3 is 2.41 bits per heavy atom. The van der Waals surface area contributed by atoms with Crippen LogP contribution in [0.2, 0.25) is 0 Å². The molecule has 0 saturated carbocycles. The number of nitrogens with zero attached hydrogens (tertiary/aromatic N) is 4. The van der Waals surface area contributed by atoms with Gasteiger partial charge in [-0.1, -0.05) is 30.3 Å². The SMILES string of the molecule is CN(C)C(=O)c1cc(Oc2ccc(Nc3cc(-c4ccccc4)nc(N)n3)cc2)ccn1. The van der Waals surface area contributed by atoms with E-state index in [1.165, 1.54) is 4.90 Å². The average Bonchev–Trinajstić information content (AvgIpc) is 2.80. The molecule has 0 aliphatic carbocycles. The summed E-state index contributed by atoms with van der Waals surface area (Å²) in [6, 6.07) is 22.3. The first kappa shape index (κ1) is 20.8. The van der Waals surface area contributed by atoms with Crippen LogP contribution >= 0.6 is 0 Å². The second-order valence-corrected chi connectivity index (χ2v) is 7.19. The maximum absolute atomic E-state index is 12.1. The monoisotopic (exact) mass is 426 g/mol. The number of nitrogens with one attached hydrogen (secondary N) is 1. The lowest BCUT2D eigenvalue weighted by molar-refractivity contribution is 0.0821. The number of amides is 1. The number of aromatic nitrogens is 3. The molecular formula is C24H22N6O2. The van der Waals surface area contributed by atoms with Gasteiger partial charge < -0.3 is 20.7 Å². The predicted molar refractivity (Wildman–Crippen MR) is 124 cm³/mol. The third-order valence-electron chi connectivity index (χ3n) is 4.53. The molecule has 4 aromatic rings. The Balaban J connectivity index is 1.48. The molecule has 0 unspecified atom stereocenters. The molecule has 32 heavy (non-hydrogen) atoms. The minimum Gasteiger partial charge on any atom is -0.457 e. The number of hydrogen-bond acceptors (Lipinski definition) is 7. The zero-order chi connectivity index (χ0) is 22.5. The van der Waals surface area contributed by atoms with Gasteiger partial charge in [-0.2, -0.15) is 4.98 Å². The van der Waals surface area contributed by atoms with E-state index >= 15 is 0 Å². The highest BCUT2D eigenvalue weighted by atomic mass is 16.5. The van der Waals surface area contributed by atoms with Crippen LogP contribution in [0.25, 0.3) is 11.3 Å². The molecule has 0 atom stereocenters. The van der Waals surface area contributed by atoms with Gasteiger partial charge in [-0.3, -0.25) is 9.78 Å². The minimum atomic E-state index is -0.186. The Morgan fingerprint density at radius 2 is 1.69 bits per heavy atom. The summed E-state index contributed by atoms with van der Waals surface area (Å²) in [7, 11) is 3.36. The number of pyridine rings is 1. The molecule has 0 aliphatic heterocycles. The van der Waals surface area contributed by atoms with E-state index in [4.69, 9.17) is 10.5 Å². The number of ether oxygens (including phenoxy) is 1. The van der Waals surface area contributed by atoms with Crippen molar-refractivity contribution < 1.29 is 9.53 Å². The van der Waals surface area contributed by atoms with E-state index in [1.54, 1.807) is 32.4 Å². The Kier molecular flexibility index (Phi) is 5.94. The van der Waals surface area contributed by atoms with Gasteiger partial charge in [-0.25, -0.2) is 4.98 Å². The van der Waals surface area contributed by atoms with Gasteiger partial charge in [0, 0.05) is 43.7 Å². The molecule has 160 valence electrons. The maximum Gasteiger partial charge on any atom is 0.272 e. The van der Waals surface area contributed by atoms with Gasteiger partial charge in [-0.05, 0) is 30.3 Å². The number of carbonyl (C=O) groups excluding carboxylic acids is 1. The van der Waals surface area contributed by atoms with Crippen LogP contribution in [-0.2, 0) is 0 Å². The zero-order valence-corrected chi connectivity index (χ0v) is 17.7. The molecular weight excluding hydrogens is 404 g/mol. The third-order valence-corrected chi connectivity index (χ3v) is 4.53. The molecule has 0 saturated heterocycles. The summed E-state index contributed by atoms with van der Waals surface area (Å²) in [5.41, 5.74) is 8.73. The van der Waals surface area contributed by atoms with Crippen molar-refractivity contribution in [1.29, 1.82) is 0 Å². The Bertz CT molecular complexity index is 1230. The van der Waals surface area contributed by atoms with Crippen LogP contribution in [0.3, 0.4) is 0 Å². The second kappa shape index (κ2) is 9.13. The van der Waals surface area contributed by atoms with E-state index < -0.39 is 0 Å². The summed E-state index contributed by atoms with van der Waals surface area (Å²) >= 11 is 0. The summed E-state index contributed by atoms with van der Waals surface area (Å²) in [5, 5.41) is 3.24. The van der Waals surface area contributed by atoms with Crippen molar-refractivity contribution in [3.63, 3.8) is 0 Å². The van der Waals surface area contributed by atoms with E-state index in [-0.39, 0.29) is 11.9 Å². The van der Waals surface area contributed by atoms with E-state index in [9.17, 15) is 4.79 Å². The van der Waals surface area contributed by atoms with Gasteiger partial charge in [0.15, 0.2) is 0 Å². The molecule has 0 bridgehead atoms. The topological polar surface area (TPSA) is 106 Å². The molecule has 1 amide bonds. The number of rotatable bonds is 6. The largest absolute Gasteiger partial charge is 0.457 e. The molecule has 8 nitrogen and oxygen atoms in total. The van der Waals surface area contributed by atoms with Gasteiger partial charge in [0.25, 0.3) is 5.91 Å². The quantitative estimate of drug-likeness (QED) is 0.472. The van der Waals surface area contributed by atoms with E-state index in [0.717, 1.165) is 16.9 Å². The van der Waals surface area contributed by atoms with E-state index in [0.29, 0.717) is 23.0 Å². The summed E-state index contributed by atoms with van der Waals surface area (Å²) < 4.78 is 5.87. The van der Waals surface area contributed by atoms with Crippen molar-refractivity contribution >= 4 is 23.4 Å². The fourth-order valence-electron chi connectivity index (χ4n) is 3.00. The van der Waals surface area contributed by atoms with Crippen LogP contribution in [0.4, 0.5) is 17.5 Å². The summed E-state index contributed by atoms with van der Waals surface area (Å²) in [6.45, 7) is 0. The Hall–Kier alpha value is -4.46. The molecule has 0 aliphatic rings. The number of nitrogens with two attached hydrogens (primary N) is 1. The molecule has 0 fully saturated rings. The van der Waals surface area contributed by atoms with Crippen molar-refractivity contribution in [3.05, 3.63) is 84.7 Å². The normalized spacial score (nSPS) is 10.4. The highest BCUT2D eigenvalue weighted by Crippen LogP contribution is 2.26. The van der Waals surface area contributed by atoms with Gasteiger partial charge in [0.2, 0.25) is 5.95 Å². The van der Waals surface area contributed by atoms with Crippen LogP contribution in [0, 0.1) is 0 Å². The van der Waals surface area contributed by atoms with Crippen LogP contribution in [0.5, 0.6) is 11.5 Å². The molecule has 8 heteroatoms. The van der Waals surface area contributed by atoms with Crippen LogP contribution in [0.15, 0.2) is 79.0 Å². The highest BCUT2D eigenvalue weighted by Gasteiger charge is 2.11. The zero-order valence-electron chi connectivity index (χ0n) is 17.7. The molecule has 0 radical (unpaired) electrons. The third kappa shape index (κ3) is 4.99. The van der Waals surface area contributed by atoms with Crippen LogP contribution in [-0.4, -0.2) is 39.9 Å². The van der Waals surface area contributed by atoms with Crippen molar-refractivity contribution in [2.24, 2.45) is 0 Å². The molecule has 2 heterocycles. The summed E-state index contributed by atoms with van der Waals surface area (Å²) in [6.07, 6.45) is 1.55. The summed E-state index contributed by atoms with van der Waals surface area (Å²) in [4.78, 5) is 26.2. The van der Waals surface area contributed by atoms with E-state index in [1.807, 2.05) is 60.7 Å². The van der Waals surface area contributed by atoms with Crippen LogP contribution in [0.1, 0.15) is 10.5 Å². The lowest BCUT2D eigenvalue weighted by Gasteiger charge is -2.12. The highest BCUT2D eigenvalue weighted by molar-refractivity contribution is 5.92. The van der Waals surface area contributed by atoms with Crippen molar-refractivity contribution in [2.45, 2.75) is 0 Å². The van der Waals surface area contributed by atoms with E-state index in [2.05, 4.69) is 20.3 Å². The first-order valence-electron chi connectivity index (χ1n) is 9.90. The minimum absolute atomic E-state index is 0.186. The smallest absolute Gasteiger partial charge is 0.272 e. The van der Waals surface area contributed by atoms with Gasteiger partial charge >= 0.3 is 0 Å². The lowest BCUT2D eigenvalue weighted by atomic mass is 10.1. The maximum atomic E-state index is 12.1. The van der Waals surface area contributed by atoms with Gasteiger partial charge in [0.1, 0.15) is 23.0 Å². The summed E-state index contributed by atoms with van der Waals surface area (Å²) in [5.74, 6) is 1.74. The molecule has 2 aromatic heterocycles. The predicted octanol–water partition coefficient (Wildman–Crippen LogP) is 4.36. The van der Waals surface area contributed by atoms with Gasteiger partial charge in [-0.15, -0.1) is 0 Å². The number of hydrogen-bond donors (Lipinski definition) is 2. The van der Waals surface area contributed by atoms with Crippen molar-refractivity contribution in [3.8, 4) is 22.8 Å². The average molecular weight is 426 g/mol. The number of carbonyl (C=O) groups is 1. The first-order valence-corrected chi connectivity index (χ1v) is 9.90. The van der Waals surface area contributed by atoms with Crippen LogP contribution < -0.4 is 15.8 Å². The standard InChI is InChI=1S/C24H22N6O2/c1-30(2)23(31)21-14-19(12-13-26-21)32-18-10-8-17(9-11-18)27-22-15-20(28-24(25)29-22)16-6-4-3-5-7-16/h3-15H,1-2H3,(H3,25,27,28,29). The molecule has 3 N–H and O–H groups in total. The first-order chi connectivity index (χ1) is 15.5. The fraction of sp³-hybridized carbons (Fsp3) is 0.0833. The lowest BCUT2D eigenvalue weighted by Crippen LogP contribution is -2.22. The number of nitrogen functional groups attached to an aromatic ring is 1. The Labute approximate surface area is 185 Å². The molecule has 0 spiro atoms. The molecule has 4 rings (SSSR count). The fourth-order valence-corrected chi connectivity index (χ4v) is 3.00. The molecule has 2 aromatic carbocycles. The number of benzene rings is 2. The Morgan fingerprint density at radius 1 is 0.938 bits per heavy atom.